The van der Waals surface area contributed by atoms with E-state index in [1.54, 1.807) is 12.5 Å². The normalized spacial score (nSPS) is 10.6. The van der Waals surface area contributed by atoms with Crippen LogP contribution in [0, 0.1) is 6.92 Å². The minimum Gasteiger partial charge on any atom is -0.468 e. The van der Waals surface area contributed by atoms with Gasteiger partial charge in [0.25, 0.3) is 0 Å². The maximum absolute atomic E-state index is 5.75. The summed E-state index contributed by atoms with van der Waals surface area (Å²) in [7, 11) is 0. The van der Waals surface area contributed by atoms with Crippen molar-refractivity contribution >= 4 is 11.6 Å². The van der Waals surface area contributed by atoms with Gasteiger partial charge in [0, 0.05) is 12.7 Å². The van der Waals surface area contributed by atoms with Gasteiger partial charge in [0.05, 0.1) is 23.5 Å². The number of aromatic nitrogens is 1. The molecular weight excluding hydrogens is 224 g/mol. The highest BCUT2D eigenvalue weighted by atomic mass is 35.5. The molecule has 0 radical (unpaired) electrons. The lowest BCUT2D eigenvalue weighted by atomic mass is 10.3. The Morgan fingerprint density at radius 3 is 2.81 bits per heavy atom. The molecule has 2 rings (SSSR count). The summed E-state index contributed by atoms with van der Waals surface area (Å²) in [6.07, 6.45) is 3.35. The Bertz CT molecular complexity index is 450. The fourth-order valence-electron chi connectivity index (χ4n) is 1.40. The maximum atomic E-state index is 5.75. The molecule has 2 heterocycles. The molecule has 0 saturated heterocycles. The van der Waals surface area contributed by atoms with E-state index in [9.17, 15) is 0 Å². The van der Waals surface area contributed by atoms with Crippen LogP contribution in [0.25, 0.3) is 0 Å². The molecule has 16 heavy (non-hydrogen) atoms. The van der Waals surface area contributed by atoms with Gasteiger partial charge in [-0.1, -0.05) is 11.6 Å². The topological polar surface area (TPSA) is 38.1 Å². The largest absolute Gasteiger partial charge is 0.468 e. The fraction of sp³-hybridized carbons (Fsp3) is 0.250. The van der Waals surface area contributed by atoms with Gasteiger partial charge in [0.1, 0.15) is 5.76 Å². The van der Waals surface area contributed by atoms with Gasteiger partial charge in [-0.25, -0.2) is 0 Å². The molecule has 2 aromatic rings. The molecule has 1 N–H and O–H groups in total. The molecular formula is C12H13ClN2O. The van der Waals surface area contributed by atoms with Gasteiger partial charge in [0.2, 0.25) is 0 Å². The second-order valence-electron chi connectivity index (χ2n) is 3.60. The van der Waals surface area contributed by atoms with Crippen molar-refractivity contribution in [2.75, 3.05) is 0 Å². The quantitative estimate of drug-likeness (QED) is 0.887. The Hall–Kier alpha value is -1.32. The Morgan fingerprint density at radius 1 is 1.31 bits per heavy atom. The third-order valence-electron chi connectivity index (χ3n) is 2.35. The Morgan fingerprint density at radius 2 is 2.19 bits per heavy atom. The Kier molecular flexibility index (Phi) is 3.59. The number of rotatable bonds is 4. The summed E-state index contributed by atoms with van der Waals surface area (Å²) in [5, 5.41) is 3.92. The monoisotopic (exact) mass is 236 g/mol. The predicted molar refractivity (Wildman–Crippen MR) is 63.2 cm³/mol. The third-order valence-corrected chi connectivity index (χ3v) is 2.57. The summed E-state index contributed by atoms with van der Waals surface area (Å²) < 4.78 is 5.32. The van der Waals surface area contributed by atoms with Crippen LogP contribution < -0.4 is 5.32 Å². The van der Waals surface area contributed by atoms with E-state index < -0.39 is 0 Å². The van der Waals surface area contributed by atoms with Gasteiger partial charge >= 0.3 is 0 Å². The van der Waals surface area contributed by atoms with Crippen LogP contribution in [0.4, 0.5) is 0 Å². The second-order valence-corrected chi connectivity index (χ2v) is 4.03. The molecule has 84 valence electrons. The van der Waals surface area contributed by atoms with Crippen molar-refractivity contribution in [3.05, 3.63) is 52.7 Å². The number of nitrogens with zero attached hydrogens (tertiary/aromatic N) is 1. The first-order chi connectivity index (χ1) is 7.75. The zero-order valence-electron chi connectivity index (χ0n) is 9.03. The lowest BCUT2D eigenvalue weighted by Crippen LogP contribution is -2.13. The van der Waals surface area contributed by atoms with E-state index in [4.69, 9.17) is 16.0 Å². The van der Waals surface area contributed by atoms with Crippen molar-refractivity contribution in [2.24, 2.45) is 0 Å². The summed E-state index contributed by atoms with van der Waals surface area (Å²) >= 11 is 5.75. The van der Waals surface area contributed by atoms with Crippen molar-refractivity contribution in [3.63, 3.8) is 0 Å². The highest BCUT2D eigenvalue weighted by Gasteiger charge is 2.01. The molecule has 0 spiro atoms. The number of aryl methyl sites for hydroxylation is 1. The van der Waals surface area contributed by atoms with Crippen molar-refractivity contribution in [1.29, 1.82) is 0 Å². The van der Waals surface area contributed by atoms with E-state index in [0.29, 0.717) is 18.1 Å². The molecule has 0 amide bonds. The van der Waals surface area contributed by atoms with Gasteiger partial charge in [-0.2, -0.15) is 0 Å². The van der Waals surface area contributed by atoms with Crippen LogP contribution >= 0.6 is 11.6 Å². The number of nitrogens with one attached hydrogen (secondary N) is 1. The molecule has 0 aliphatic heterocycles. The standard InChI is InChI=1S/C12H13ClN2O/c1-9-4-5-16-12(9)8-14-7-11-3-2-10(13)6-15-11/h2-6,14H,7-8H2,1H3. The maximum Gasteiger partial charge on any atom is 0.120 e. The molecule has 0 atom stereocenters. The molecule has 0 bridgehead atoms. The number of halogens is 1. The van der Waals surface area contributed by atoms with E-state index in [2.05, 4.69) is 10.3 Å². The molecule has 0 fully saturated rings. The third kappa shape index (κ3) is 2.84. The average Bonchev–Trinajstić information content (AvgIpc) is 2.68. The predicted octanol–water partition coefficient (Wildman–Crippen LogP) is 2.93. The molecule has 0 aliphatic carbocycles. The molecule has 4 heteroatoms. The van der Waals surface area contributed by atoms with Crippen molar-refractivity contribution < 1.29 is 4.42 Å². The Balaban J connectivity index is 1.84. The van der Waals surface area contributed by atoms with Crippen molar-refractivity contribution in [3.8, 4) is 0 Å². The van der Waals surface area contributed by atoms with Gasteiger partial charge < -0.3 is 9.73 Å². The number of furan rings is 1. The number of hydrogen-bond acceptors (Lipinski definition) is 3. The Labute approximate surface area is 99.5 Å². The van der Waals surface area contributed by atoms with Crippen LogP contribution in [0.15, 0.2) is 35.1 Å². The van der Waals surface area contributed by atoms with Gasteiger partial charge in [-0.15, -0.1) is 0 Å². The van der Waals surface area contributed by atoms with E-state index in [1.165, 1.54) is 0 Å². The number of hydrogen-bond donors (Lipinski definition) is 1. The first kappa shape index (κ1) is 11.2. The van der Waals surface area contributed by atoms with Crippen LogP contribution in [0.3, 0.4) is 0 Å². The first-order valence-corrected chi connectivity index (χ1v) is 5.47. The summed E-state index contributed by atoms with van der Waals surface area (Å²) in [6, 6.07) is 5.70. The SMILES string of the molecule is Cc1ccoc1CNCc1ccc(Cl)cn1. The highest BCUT2D eigenvalue weighted by molar-refractivity contribution is 6.30. The molecule has 0 aromatic carbocycles. The molecule has 3 nitrogen and oxygen atoms in total. The lowest BCUT2D eigenvalue weighted by Gasteiger charge is -2.03. The van der Waals surface area contributed by atoms with Crippen molar-refractivity contribution in [1.82, 2.24) is 10.3 Å². The van der Waals surface area contributed by atoms with Gasteiger partial charge in [-0.05, 0) is 30.7 Å². The zero-order valence-corrected chi connectivity index (χ0v) is 9.79. The summed E-state index contributed by atoms with van der Waals surface area (Å²) in [5.41, 5.74) is 2.13. The summed E-state index contributed by atoms with van der Waals surface area (Å²) in [4.78, 5) is 4.19. The minimum absolute atomic E-state index is 0.658. The average molecular weight is 237 g/mol. The molecule has 0 unspecified atom stereocenters. The summed E-state index contributed by atoms with van der Waals surface area (Å²) in [6.45, 7) is 3.45. The minimum atomic E-state index is 0.658. The van der Waals surface area contributed by atoms with Crippen LogP contribution in [-0.4, -0.2) is 4.98 Å². The van der Waals surface area contributed by atoms with Gasteiger partial charge in [-0.3, -0.25) is 4.98 Å². The van der Waals surface area contributed by atoms with Crippen LogP contribution in [0.1, 0.15) is 17.0 Å². The zero-order chi connectivity index (χ0) is 11.4. The van der Waals surface area contributed by atoms with E-state index in [-0.39, 0.29) is 0 Å². The summed E-state index contributed by atoms with van der Waals surface area (Å²) in [5.74, 6) is 0.967. The number of pyridine rings is 1. The van der Waals surface area contributed by atoms with Crippen LogP contribution in [-0.2, 0) is 13.1 Å². The highest BCUT2D eigenvalue weighted by Crippen LogP contribution is 2.09. The second kappa shape index (κ2) is 5.14. The van der Waals surface area contributed by atoms with Crippen LogP contribution in [0.5, 0.6) is 0 Å². The smallest absolute Gasteiger partial charge is 0.120 e. The van der Waals surface area contributed by atoms with E-state index >= 15 is 0 Å². The fourth-order valence-corrected chi connectivity index (χ4v) is 1.51. The first-order valence-electron chi connectivity index (χ1n) is 5.10. The van der Waals surface area contributed by atoms with Crippen LogP contribution in [0.2, 0.25) is 5.02 Å². The van der Waals surface area contributed by atoms with Crippen molar-refractivity contribution in [2.45, 2.75) is 20.0 Å². The van der Waals surface area contributed by atoms with Gasteiger partial charge in [0.15, 0.2) is 0 Å². The molecule has 2 aromatic heterocycles. The molecule has 0 saturated carbocycles. The van der Waals surface area contributed by atoms with E-state index in [0.717, 1.165) is 17.0 Å². The molecule has 0 aliphatic rings. The lowest BCUT2D eigenvalue weighted by molar-refractivity contribution is 0.479. The van der Waals surface area contributed by atoms with E-state index in [1.807, 2.05) is 25.1 Å².